The van der Waals surface area contributed by atoms with Gasteiger partial charge in [-0.2, -0.15) is 0 Å². The molecule has 0 saturated carbocycles. The molecule has 3 rings (SSSR count). The largest absolute Gasteiger partial charge is 0.479 e. The van der Waals surface area contributed by atoms with E-state index in [4.69, 9.17) is 9.84 Å². The molecule has 2 aromatic rings. The number of aliphatic carboxylic acids is 1. The van der Waals surface area contributed by atoms with Crippen LogP contribution in [0.2, 0.25) is 0 Å². The number of benzene rings is 2. The molecule has 2 aromatic carbocycles. The lowest BCUT2D eigenvalue weighted by Gasteiger charge is -2.29. The highest BCUT2D eigenvalue weighted by molar-refractivity contribution is 5.86. The van der Waals surface area contributed by atoms with Gasteiger partial charge in [-0.3, -0.25) is 9.63 Å². The average Bonchev–Trinajstić information content (AvgIpc) is 3.03. The van der Waals surface area contributed by atoms with Crippen LogP contribution < -0.4 is 10.8 Å². The molecule has 0 bridgehead atoms. The van der Waals surface area contributed by atoms with E-state index in [1.807, 2.05) is 48.5 Å². The minimum atomic E-state index is -1.22. The van der Waals surface area contributed by atoms with Crippen molar-refractivity contribution in [3.05, 3.63) is 59.7 Å². The van der Waals surface area contributed by atoms with Crippen LogP contribution in [-0.2, 0) is 19.2 Å². The predicted octanol–water partition coefficient (Wildman–Crippen LogP) is 3.07. The van der Waals surface area contributed by atoms with Crippen molar-refractivity contribution in [1.29, 1.82) is 0 Å². The smallest absolute Gasteiger partial charge is 0.407 e. The van der Waals surface area contributed by atoms with E-state index in [9.17, 15) is 14.4 Å². The normalized spacial score (nSPS) is 13.6. The SMILES string of the molecule is CC(C)(C)[C@H](NC(=O)OCC1c2ccccc2-c2ccccc21)C(=O)NOCC(=O)O. The summed E-state index contributed by atoms with van der Waals surface area (Å²) in [4.78, 5) is 40.1. The van der Waals surface area contributed by atoms with Gasteiger partial charge in [0.05, 0.1) is 0 Å². The van der Waals surface area contributed by atoms with Gasteiger partial charge in [-0.1, -0.05) is 69.3 Å². The van der Waals surface area contributed by atoms with Gasteiger partial charge in [0.2, 0.25) is 0 Å². The Kier molecular flexibility index (Phi) is 6.60. The maximum absolute atomic E-state index is 12.5. The average molecular weight is 426 g/mol. The molecular formula is C23H26N2O6. The fourth-order valence-corrected chi connectivity index (χ4v) is 3.66. The molecule has 0 radical (unpaired) electrons. The third-order valence-electron chi connectivity index (χ3n) is 5.10. The molecule has 0 unspecified atom stereocenters. The van der Waals surface area contributed by atoms with Crippen LogP contribution in [0.5, 0.6) is 0 Å². The van der Waals surface area contributed by atoms with Gasteiger partial charge in [0.1, 0.15) is 12.6 Å². The summed E-state index contributed by atoms with van der Waals surface area (Å²) in [7, 11) is 0. The van der Waals surface area contributed by atoms with Gasteiger partial charge in [-0.25, -0.2) is 15.1 Å². The Labute approximate surface area is 180 Å². The molecule has 0 fully saturated rings. The van der Waals surface area contributed by atoms with Crippen LogP contribution in [0.1, 0.15) is 37.8 Å². The van der Waals surface area contributed by atoms with Crippen molar-refractivity contribution in [3.63, 3.8) is 0 Å². The molecule has 1 aliphatic carbocycles. The van der Waals surface area contributed by atoms with Crippen molar-refractivity contribution in [1.82, 2.24) is 10.8 Å². The number of fused-ring (bicyclic) bond motifs is 3. The molecule has 0 heterocycles. The van der Waals surface area contributed by atoms with Crippen molar-refractivity contribution < 1.29 is 29.1 Å². The van der Waals surface area contributed by atoms with Crippen LogP contribution in [0, 0.1) is 5.41 Å². The number of hydrogen-bond donors (Lipinski definition) is 3. The lowest BCUT2D eigenvalue weighted by Crippen LogP contribution is -2.53. The standard InChI is InChI=1S/C23H26N2O6/c1-23(2,3)20(21(28)25-31-13-19(26)27)24-22(29)30-12-18-16-10-6-4-8-14(16)15-9-5-7-11-17(15)18/h4-11,18,20H,12-13H2,1-3H3,(H,24,29)(H,25,28)(H,26,27)/t20-/m1/s1. The van der Waals surface area contributed by atoms with Gasteiger partial charge in [0.25, 0.3) is 5.91 Å². The van der Waals surface area contributed by atoms with Crippen LogP contribution in [0.15, 0.2) is 48.5 Å². The molecule has 31 heavy (non-hydrogen) atoms. The lowest BCUT2D eigenvalue weighted by molar-refractivity contribution is -0.150. The number of carboxylic acids is 1. The summed E-state index contributed by atoms with van der Waals surface area (Å²) >= 11 is 0. The van der Waals surface area contributed by atoms with Crippen molar-refractivity contribution in [3.8, 4) is 11.1 Å². The third-order valence-corrected chi connectivity index (χ3v) is 5.10. The summed E-state index contributed by atoms with van der Waals surface area (Å²) < 4.78 is 5.49. The van der Waals surface area contributed by atoms with Gasteiger partial charge >= 0.3 is 12.1 Å². The number of hydrogen-bond acceptors (Lipinski definition) is 5. The Balaban J connectivity index is 1.66. The molecule has 2 amide bonds. The van der Waals surface area contributed by atoms with Crippen LogP contribution >= 0.6 is 0 Å². The minimum absolute atomic E-state index is 0.0982. The van der Waals surface area contributed by atoms with Gasteiger partial charge in [-0.05, 0) is 27.7 Å². The first-order valence-electron chi connectivity index (χ1n) is 9.93. The summed E-state index contributed by atoms with van der Waals surface area (Å²) in [6.07, 6.45) is -0.741. The number of alkyl carbamates (subject to hydrolysis) is 1. The van der Waals surface area contributed by atoms with Crippen molar-refractivity contribution in [2.45, 2.75) is 32.7 Å². The summed E-state index contributed by atoms with van der Waals surface area (Å²) in [5.41, 5.74) is 5.81. The molecule has 8 heteroatoms. The van der Waals surface area contributed by atoms with E-state index in [0.717, 1.165) is 22.3 Å². The molecule has 1 atom stereocenters. The van der Waals surface area contributed by atoms with Gasteiger partial charge in [-0.15, -0.1) is 0 Å². The number of carboxylic acid groups (broad SMARTS) is 1. The fourth-order valence-electron chi connectivity index (χ4n) is 3.66. The summed E-state index contributed by atoms with van der Waals surface area (Å²) in [5, 5.41) is 11.2. The zero-order chi connectivity index (χ0) is 22.6. The van der Waals surface area contributed by atoms with E-state index in [0.29, 0.717) is 0 Å². The Hall–Kier alpha value is -3.39. The third kappa shape index (κ3) is 5.21. The number of carbonyl (C=O) groups excluding carboxylic acids is 2. The predicted molar refractivity (Wildman–Crippen MR) is 113 cm³/mol. The first kappa shape index (κ1) is 22.3. The second-order valence-corrected chi connectivity index (χ2v) is 8.42. The first-order valence-corrected chi connectivity index (χ1v) is 9.93. The number of rotatable bonds is 7. The summed E-state index contributed by atoms with van der Waals surface area (Å²) in [6, 6.07) is 15.0. The van der Waals surface area contributed by atoms with E-state index in [2.05, 4.69) is 15.6 Å². The Morgan fingerprint density at radius 1 is 1.00 bits per heavy atom. The van der Waals surface area contributed by atoms with Gasteiger partial charge in [0, 0.05) is 5.92 Å². The molecular weight excluding hydrogens is 400 g/mol. The van der Waals surface area contributed by atoms with E-state index in [1.165, 1.54) is 0 Å². The number of nitrogens with one attached hydrogen (secondary N) is 2. The topological polar surface area (TPSA) is 114 Å². The van der Waals surface area contributed by atoms with Crippen molar-refractivity contribution in [2.75, 3.05) is 13.2 Å². The zero-order valence-corrected chi connectivity index (χ0v) is 17.7. The van der Waals surface area contributed by atoms with Crippen LogP contribution in [0.4, 0.5) is 4.79 Å². The Morgan fingerprint density at radius 3 is 2.06 bits per heavy atom. The highest BCUT2D eigenvalue weighted by Crippen LogP contribution is 2.44. The second-order valence-electron chi connectivity index (χ2n) is 8.42. The molecule has 1 aliphatic rings. The summed E-state index contributed by atoms with van der Waals surface area (Å²) in [6.45, 7) is 4.72. The molecule has 8 nitrogen and oxygen atoms in total. The van der Waals surface area contributed by atoms with Gasteiger partial charge in [0.15, 0.2) is 6.61 Å². The second kappa shape index (κ2) is 9.18. The van der Waals surface area contributed by atoms with Crippen molar-refractivity contribution >= 4 is 18.0 Å². The molecule has 0 aromatic heterocycles. The number of ether oxygens (including phenoxy) is 1. The Bertz CT molecular complexity index is 937. The summed E-state index contributed by atoms with van der Waals surface area (Å²) in [5.74, 6) is -1.99. The van der Waals surface area contributed by atoms with Crippen LogP contribution in [-0.4, -0.2) is 42.3 Å². The van der Waals surface area contributed by atoms with Crippen LogP contribution in [0.25, 0.3) is 11.1 Å². The molecule has 0 aliphatic heterocycles. The Morgan fingerprint density at radius 2 is 1.55 bits per heavy atom. The highest BCUT2D eigenvalue weighted by Gasteiger charge is 2.34. The van der Waals surface area contributed by atoms with Crippen LogP contribution in [0.3, 0.4) is 0 Å². The van der Waals surface area contributed by atoms with E-state index >= 15 is 0 Å². The molecule has 164 valence electrons. The molecule has 0 spiro atoms. The fraction of sp³-hybridized carbons (Fsp3) is 0.348. The first-order chi connectivity index (χ1) is 14.7. The number of amides is 2. The lowest BCUT2D eigenvalue weighted by atomic mass is 9.86. The van der Waals surface area contributed by atoms with Crippen molar-refractivity contribution in [2.24, 2.45) is 5.41 Å². The van der Waals surface area contributed by atoms with E-state index in [-0.39, 0.29) is 12.5 Å². The monoisotopic (exact) mass is 426 g/mol. The molecule has 0 saturated heterocycles. The quantitative estimate of drug-likeness (QED) is 0.587. The minimum Gasteiger partial charge on any atom is -0.479 e. The highest BCUT2D eigenvalue weighted by atomic mass is 16.7. The maximum atomic E-state index is 12.5. The zero-order valence-electron chi connectivity index (χ0n) is 17.7. The molecule has 3 N–H and O–H groups in total. The number of hydroxylamine groups is 1. The maximum Gasteiger partial charge on any atom is 0.407 e. The number of carbonyl (C=O) groups is 3. The van der Waals surface area contributed by atoms with E-state index in [1.54, 1.807) is 20.8 Å². The van der Waals surface area contributed by atoms with E-state index < -0.39 is 36.0 Å². The van der Waals surface area contributed by atoms with Gasteiger partial charge < -0.3 is 15.2 Å².